The van der Waals surface area contributed by atoms with Gasteiger partial charge in [-0.25, -0.2) is 0 Å². The molecule has 3 N–H and O–H groups in total. The van der Waals surface area contributed by atoms with E-state index in [0.29, 0.717) is 0 Å². The standard InChI is InChI=1S/C11H11BrN2S/c12-7-2-1-4-9-5-3-6-10(8-9)14-11(13)15/h3,5-6,8H,2,7H2,(H3,13,14,15). The predicted molar refractivity (Wildman–Crippen MR) is 72.1 cm³/mol. The van der Waals surface area contributed by atoms with Crippen LogP contribution in [0.2, 0.25) is 0 Å². The molecule has 4 heteroatoms. The van der Waals surface area contributed by atoms with Gasteiger partial charge in [-0.15, -0.1) is 0 Å². The summed E-state index contributed by atoms with van der Waals surface area (Å²) in [6.07, 6.45) is 0.840. The molecule has 1 aromatic rings. The highest BCUT2D eigenvalue weighted by molar-refractivity contribution is 9.09. The first-order valence-electron chi connectivity index (χ1n) is 4.43. The molecule has 0 aliphatic carbocycles. The van der Waals surface area contributed by atoms with E-state index in [4.69, 9.17) is 18.0 Å². The fraction of sp³-hybridized carbons (Fsp3) is 0.182. The molecule has 1 rings (SSSR count). The van der Waals surface area contributed by atoms with Gasteiger partial charge in [0.05, 0.1) is 0 Å². The molecule has 0 aromatic heterocycles. The fourth-order valence-corrected chi connectivity index (χ4v) is 1.34. The quantitative estimate of drug-likeness (QED) is 0.497. The summed E-state index contributed by atoms with van der Waals surface area (Å²) < 4.78 is 0. The van der Waals surface area contributed by atoms with Gasteiger partial charge in [0.25, 0.3) is 0 Å². The van der Waals surface area contributed by atoms with Crippen LogP contribution >= 0.6 is 28.1 Å². The van der Waals surface area contributed by atoms with Crippen LogP contribution in [0.4, 0.5) is 5.69 Å². The van der Waals surface area contributed by atoms with E-state index in [2.05, 4.69) is 33.1 Å². The van der Waals surface area contributed by atoms with Crippen LogP contribution in [-0.4, -0.2) is 10.4 Å². The molecule has 0 heterocycles. The van der Waals surface area contributed by atoms with Crippen LogP contribution in [0.3, 0.4) is 0 Å². The van der Waals surface area contributed by atoms with Gasteiger partial charge in [-0.05, 0) is 30.4 Å². The normalized spacial score (nSPS) is 8.87. The van der Waals surface area contributed by atoms with Crippen molar-refractivity contribution in [2.75, 3.05) is 10.6 Å². The summed E-state index contributed by atoms with van der Waals surface area (Å²) in [6.45, 7) is 0. The molecule has 0 saturated heterocycles. The van der Waals surface area contributed by atoms with Gasteiger partial charge in [-0.2, -0.15) is 0 Å². The Balaban J connectivity index is 2.75. The number of alkyl halides is 1. The fourth-order valence-electron chi connectivity index (χ4n) is 1.03. The Morgan fingerprint density at radius 3 is 3.00 bits per heavy atom. The molecular weight excluding hydrogens is 272 g/mol. The third kappa shape index (κ3) is 4.82. The zero-order valence-corrected chi connectivity index (χ0v) is 10.5. The topological polar surface area (TPSA) is 38.0 Å². The summed E-state index contributed by atoms with van der Waals surface area (Å²) in [5.74, 6) is 6.10. The molecule has 0 unspecified atom stereocenters. The lowest BCUT2D eigenvalue weighted by Crippen LogP contribution is -2.18. The number of anilines is 1. The highest BCUT2D eigenvalue weighted by atomic mass is 79.9. The van der Waals surface area contributed by atoms with Gasteiger partial charge in [-0.1, -0.05) is 33.8 Å². The molecule has 0 saturated carbocycles. The van der Waals surface area contributed by atoms with Crippen LogP contribution in [0.15, 0.2) is 24.3 Å². The van der Waals surface area contributed by atoms with E-state index >= 15 is 0 Å². The second-order valence-corrected chi connectivity index (χ2v) is 4.04. The molecule has 0 amide bonds. The zero-order valence-electron chi connectivity index (χ0n) is 8.09. The number of benzene rings is 1. The Morgan fingerprint density at radius 2 is 2.33 bits per heavy atom. The Hall–Kier alpha value is -1.05. The lowest BCUT2D eigenvalue weighted by molar-refractivity contribution is 1.32. The van der Waals surface area contributed by atoms with Crippen LogP contribution in [0.1, 0.15) is 12.0 Å². The van der Waals surface area contributed by atoms with Gasteiger partial charge in [0, 0.05) is 23.0 Å². The summed E-state index contributed by atoms with van der Waals surface area (Å²) >= 11 is 8.07. The van der Waals surface area contributed by atoms with Gasteiger partial charge in [0.1, 0.15) is 0 Å². The average molecular weight is 283 g/mol. The van der Waals surface area contributed by atoms with E-state index in [-0.39, 0.29) is 5.11 Å². The van der Waals surface area contributed by atoms with E-state index in [0.717, 1.165) is 23.0 Å². The molecule has 78 valence electrons. The zero-order chi connectivity index (χ0) is 11.1. The molecule has 0 bridgehead atoms. The number of hydrogen-bond acceptors (Lipinski definition) is 1. The van der Waals surface area contributed by atoms with Gasteiger partial charge in [0.2, 0.25) is 0 Å². The lowest BCUT2D eigenvalue weighted by Gasteiger charge is -2.02. The van der Waals surface area contributed by atoms with Crippen molar-refractivity contribution in [2.45, 2.75) is 6.42 Å². The maximum absolute atomic E-state index is 5.37. The van der Waals surface area contributed by atoms with Gasteiger partial charge in [0.15, 0.2) is 5.11 Å². The molecule has 0 aliphatic heterocycles. The van der Waals surface area contributed by atoms with E-state index in [1.165, 1.54) is 0 Å². The summed E-state index contributed by atoms with van der Waals surface area (Å²) in [4.78, 5) is 0. The molecule has 0 spiro atoms. The van der Waals surface area contributed by atoms with Crippen LogP contribution in [-0.2, 0) is 0 Å². The number of hydrogen-bond donors (Lipinski definition) is 2. The molecule has 2 nitrogen and oxygen atoms in total. The van der Waals surface area contributed by atoms with Crippen molar-refractivity contribution in [1.82, 2.24) is 0 Å². The van der Waals surface area contributed by atoms with Crippen LogP contribution in [0, 0.1) is 11.8 Å². The molecule has 1 aromatic carbocycles. The van der Waals surface area contributed by atoms with Crippen molar-refractivity contribution in [3.8, 4) is 11.8 Å². The Bertz CT molecular complexity index is 407. The highest BCUT2D eigenvalue weighted by Crippen LogP contribution is 2.09. The van der Waals surface area contributed by atoms with Gasteiger partial charge < -0.3 is 11.1 Å². The van der Waals surface area contributed by atoms with Gasteiger partial charge >= 0.3 is 0 Å². The van der Waals surface area contributed by atoms with E-state index < -0.39 is 0 Å². The predicted octanol–water partition coefficient (Wildman–Crippen LogP) is 2.48. The van der Waals surface area contributed by atoms with E-state index in [1.807, 2.05) is 24.3 Å². The minimum Gasteiger partial charge on any atom is -0.376 e. The Labute approximate surface area is 103 Å². The van der Waals surface area contributed by atoms with Crippen molar-refractivity contribution >= 4 is 38.9 Å². The minimum absolute atomic E-state index is 0.264. The number of rotatable bonds is 2. The summed E-state index contributed by atoms with van der Waals surface area (Å²) in [7, 11) is 0. The van der Waals surface area contributed by atoms with Crippen molar-refractivity contribution < 1.29 is 0 Å². The summed E-state index contributed by atoms with van der Waals surface area (Å²) in [5, 5.41) is 4.03. The molecular formula is C11H11BrN2S. The Kier molecular flexibility index (Phi) is 5.16. The van der Waals surface area contributed by atoms with Gasteiger partial charge in [-0.3, -0.25) is 0 Å². The first-order chi connectivity index (χ1) is 7.22. The molecule has 0 radical (unpaired) electrons. The second-order valence-electron chi connectivity index (χ2n) is 2.81. The van der Waals surface area contributed by atoms with Crippen molar-refractivity contribution in [3.63, 3.8) is 0 Å². The molecule has 0 aliphatic rings. The number of nitrogens with two attached hydrogens (primary N) is 1. The Morgan fingerprint density at radius 1 is 1.53 bits per heavy atom. The summed E-state index contributed by atoms with van der Waals surface area (Å²) in [6, 6.07) is 7.68. The third-order valence-corrected chi connectivity index (χ3v) is 2.08. The average Bonchev–Trinajstić information content (AvgIpc) is 2.18. The maximum Gasteiger partial charge on any atom is 0.168 e. The SMILES string of the molecule is NC(=S)Nc1cccc(C#CCCBr)c1. The first-order valence-corrected chi connectivity index (χ1v) is 5.96. The monoisotopic (exact) mass is 282 g/mol. The number of halogens is 1. The highest BCUT2D eigenvalue weighted by Gasteiger charge is 1.93. The molecule has 15 heavy (non-hydrogen) atoms. The second kappa shape index (κ2) is 6.44. The smallest absolute Gasteiger partial charge is 0.168 e. The minimum atomic E-state index is 0.264. The molecule has 0 fully saturated rings. The van der Waals surface area contributed by atoms with Crippen LogP contribution < -0.4 is 11.1 Å². The molecule has 0 atom stereocenters. The summed E-state index contributed by atoms with van der Waals surface area (Å²) in [5.41, 5.74) is 7.20. The van der Waals surface area contributed by atoms with Crippen molar-refractivity contribution in [2.24, 2.45) is 5.73 Å². The van der Waals surface area contributed by atoms with E-state index in [9.17, 15) is 0 Å². The van der Waals surface area contributed by atoms with E-state index in [1.54, 1.807) is 0 Å². The first kappa shape index (κ1) is 12.0. The third-order valence-electron chi connectivity index (χ3n) is 1.58. The van der Waals surface area contributed by atoms with Crippen molar-refractivity contribution in [3.05, 3.63) is 29.8 Å². The lowest BCUT2D eigenvalue weighted by atomic mass is 10.2. The van der Waals surface area contributed by atoms with Crippen LogP contribution in [0.25, 0.3) is 0 Å². The number of nitrogens with one attached hydrogen (secondary N) is 1. The maximum atomic E-state index is 5.37. The van der Waals surface area contributed by atoms with Crippen molar-refractivity contribution in [1.29, 1.82) is 0 Å². The number of thiocarbonyl (C=S) groups is 1. The largest absolute Gasteiger partial charge is 0.376 e. The van der Waals surface area contributed by atoms with Crippen LogP contribution in [0.5, 0.6) is 0 Å².